The standard InChI is InChI=1S/C34H29NO3S/c1-23-18-20-28(21-19-23)39(37,38)35-22-29-30(24(35)2)32(26-14-8-4-9-15-26)34(36)33(27-16-10-5-11-17-27)31(29)25-12-6-3-7-13-25/h3-21,24,36H,22H2,1-2H3. The first-order valence-corrected chi connectivity index (χ1v) is 14.5. The fourth-order valence-electron chi connectivity index (χ4n) is 5.71. The summed E-state index contributed by atoms with van der Waals surface area (Å²) in [6.07, 6.45) is 0. The van der Waals surface area contributed by atoms with Gasteiger partial charge < -0.3 is 5.11 Å². The van der Waals surface area contributed by atoms with Gasteiger partial charge in [0.25, 0.3) is 0 Å². The molecule has 0 amide bonds. The first-order chi connectivity index (χ1) is 18.9. The SMILES string of the molecule is Cc1ccc(S(=O)(=O)N2Cc3c(-c4ccccc4)c(-c4ccccc4)c(O)c(-c4ccccc4)c3C2C)cc1. The fourth-order valence-corrected chi connectivity index (χ4v) is 7.29. The Kier molecular flexibility index (Phi) is 6.34. The minimum atomic E-state index is -3.81. The molecular formula is C34H29NO3S. The Morgan fingerprint density at radius 1 is 0.667 bits per heavy atom. The van der Waals surface area contributed by atoms with Crippen LogP contribution in [0, 0.1) is 6.92 Å². The van der Waals surface area contributed by atoms with E-state index in [4.69, 9.17) is 0 Å². The van der Waals surface area contributed by atoms with Gasteiger partial charge in [0.15, 0.2) is 0 Å². The lowest BCUT2D eigenvalue weighted by molar-refractivity contribution is 0.370. The summed E-state index contributed by atoms with van der Waals surface area (Å²) < 4.78 is 29.6. The Morgan fingerprint density at radius 3 is 1.64 bits per heavy atom. The molecule has 0 saturated carbocycles. The molecule has 0 fully saturated rings. The predicted molar refractivity (Wildman–Crippen MR) is 157 cm³/mol. The zero-order chi connectivity index (χ0) is 27.1. The number of aromatic hydroxyl groups is 1. The van der Waals surface area contributed by atoms with E-state index in [1.165, 1.54) is 0 Å². The highest BCUT2D eigenvalue weighted by Crippen LogP contribution is 2.55. The first-order valence-electron chi connectivity index (χ1n) is 13.0. The summed E-state index contributed by atoms with van der Waals surface area (Å²) in [5.41, 5.74) is 7.67. The maximum atomic E-state index is 14.0. The molecule has 0 aromatic heterocycles. The van der Waals surface area contributed by atoms with Crippen molar-refractivity contribution in [3.05, 3.63) is 132 Å². The van der Waals surface area contributed by atoms with Crippen molar-refractivity contribution in [1.82, 2.24) is 4.31 Å². The fraction of sp³-hybridized carbons (Fsp3) is 0.118. The van der Waals surface area contributed by atoms with Gasteiger partial charge in [0.2, 0.25) is 10.0 Å². The number of hydrogen-bond donors (Lipinski definition) is 1. The van der Waals surface area contributed by atoms with E-state index in [0.29, 0.717) is 11.1 Å². The van der Waals surface area contributed by atoms with Gasteiger partial charge in [-0.3, -0.25) is 0 Å². The van der Waals surface area contributed by atoms with Gasteiger partial charge in [-0.05, 0) is 59.4 Å². The zero-order valence-corrected chi connectivity index (χ0v) is 22.7. The lowest BCUT2D eigenvalue weighted by Crippen LogP contribution is -2.28. The number of aryl methyl sites for hydroxylation is 1. The second kappa shape index (κ2) is 9.84. The average Bonchev–Trinajstić information content (AvgIpc) is 3.31. The molecule has 0 bridgehead atoms. The maximum absolute atomic E-state index is 14.0. The third-order valence-corrected chi connectivity index (χ3v) is 9.53. The van der Waals surface area contributed by atoms with Crippen LogP contribution in [0.4, 0.5) is 0 Å². The molecule has 5 heteroatoms. The molecule has 1 unspecified atom stereocenters. The third kappa shape index (κ3) is 4.24. The van der Waals surface area contributed by atoms with Gasteiger partial charge in [0.1, 0.15) is 5.75 Å². The van der Waals surface area contributed by atoms with Crippen molar-refractivity contribution in [3.63, 3.8) is 0 Å². The van der Waals surface area contributed by atoms with Crippen molar-refractivity contribution in [3.8, 4) is 39.1 Å². The van der Waals surface area contributed by atoms with Crippen molar-refractivity contribution in [1.29, 1.82) is 0 Å². The monoisotopic (exact) mass is 531 g/mol. The number of hydrogen-bond acceptors (Lipinski definition) is 3. The number of phenolic OH excluding ortho intramolecular Hbond substituents is 1. The molecule has 6 rings (SSSR count). The molecule has 5 aromatic carbocycles. The van der Waals surface area contributed by atoms with E-state index in [-0.39, 0.29) is 17.2 Å². The minimum absolute atomic E-state index is 0.159. The van der Waals surface area contributed by atoms with Crippen LogP contribution in [-0.2, 0) is 16.6 Å². The molecule has 0 radical (unpaired) electrons. The number of benzene rings is 5. The summed E-state index contributed by atoms with van der Waals surface area (Å²) in [5, 5.41) is 12.1. The normalized spacial score (nSPS) is 15.3. The van der Waals surface area contributed by atoms with Crippen molar-refractivity contribution >= 4 is 10.0 Å². The lowest BCUT2D eigenvalue weighted by Gasteiger charge is -2.24. The van der Waals surface area contributed by atoms with Gasteiger partial charge in [-0.25, -0.2) is 8.42 Å². The van der Waals surface area contributed by atoms with Crippen LogP contribution in [0.2, 0.25) is 0 Å². The largest absolute Gasteiger partial charge is 0.507 e. The molecule has 0 saturated heterocycles. The average molecular weight is 532 g/mol. The number of rotatable bonds is 5. The minimum Gasteiger partial charge on any atom is -0.507 e. The first kappa shape index (κ1) is 25.1. The number of nitrogens with zero attached hydrogens (tertiary/aromatic N) is 1. The van der Waals surface area contributed by atoms with E-state index in [0.717, 1.165) is 38.9 Å². The molecule has 1 aliphatic heterocycles. The van der Waals surface area contributed by atoms with Gasteiger partial charge in [0.05, 0.1) is 4.90 Å². The molecule has 0 aliphatic carbocycles. The van der Waals surface area contributed by atoms with Crippen LogP contribution < -0.4 is 0 Å². The van der Waals surface area contributed by atoms with Gasteiger partial charge in [-0.15, -0.1) is 0 Å². The second-order valence-electron chi connectivity index (χ2n) is 10.0. The molecule has 4 nitrogen and oxygen atoms in total. The summed E-state index contributed by atoms with van der Waals surface area (Å²) in [6, 6.07) is 36.0. The van der Waals surface area contributed by atoms with Gasteiger partial charge in [-0.2, -0.15) is 4.31 Å². The quantitative estimate of drug-likeness (QED) is 0.250. The molecule has 0 spiro atoms. The van der Waals surface area contributed by atoms with Crippen molar-refractivity contribution in [2.75, 3.05) is 0 Å². The Bertz CT molecular complexity index is 1750. The maximum Gasteiger partial charge on any atom is 0.243 e. The van der Waals surface area contributed by atoms with E-state index in [1.807, 2.05) is 117 Å². The van der Waals surface area contributed by atoms with Crippen molar-refractivity contribution < 1.29 is 13.5 Å². The molecule has 1 heterocycles. The van der Waals surface area contributed by atoms with Crippen LogP contribution in [0.1, 0.15) is 29.7 Å². The smallest absolute Gasteiger partial charge is 0.243 e. The second-order valence-corrected chi connectivity index (χ2v) is 11.9. The molecular weight excluding hydrogens is 502 g/mol. The highest BCUT2D eigenvalue weighted by molar-refractivity contribution is 7.89. The topological polar surface area (TPSA) is 57.6 Å². The van der Waals surface area contributed by atoms with E-state index in [9.17, 15) is 13.5 Å². The summed E-state index contributed by atoms with van der Waals surface area (Å²) in [7, 11) is -3.81. The van der Waals surface area contributed by atoms with E-state index >= 15 is 0 Å². The third-order valence-electron chi connectivity index (χ3n) is 7.60. The van der Waals surface area contributed by atoms with Gasteiger partial charge in [0, 0.05) is 23.7 Å². The number of phenols is 1. The molecule has 39 heavy (non-hydrogen) atoms. The van der Waals surface area contributed by atoms with E-state index in [2.05, 4.69) is 0 Å². The van der Waals surface area contributed by atoms with E-state index < -0.39 is 16.1 Å². The molecule has 194 valence electrons. The van der Waals surface area contributed by atoms with Crippen LogP contribution in [0.25, 0.3) is 33.4 Å². The summed E-state index contributed by atoms with van der Waals surface area (Å²) in [4.78, 5) is 0.266. The zero-order valence-electron chi connectivity index (χ0n) is 21.9. The Morgan fingerprint density at radius 2 is 1.13 bits per heavy atom. The Balaban J connectivity index is 1.68. The summed E-state index contributed by atoms with van der Waals surface area (Å²) >= 11 is 0. The van der Waals surface area contributed by atoms with E-state index in [1.54, 1.807) is 16.4 Å². The Labute approximate surface area is 229 Å². The molecule has 1 aliphatic rings. The Hall–Kier alpha value is -4.19. The molecule has 1 atom stereocenters. The highest BCUT2D eigenvalue weighted by atomic mass is 32.2. The number of sulfonamides is 1. The van der Waals surface area contributed by atoms with Crippen molar-refractivity contribution in [2.45, 2.75) is 31.3 Å². The highest BCUT2D eigenvalue weighted by Gasteiger charge is 2.41. The predicted octanol–water partition coefficient (Wildman–Crippen LogP) is 7.97. The summed E-state index contributed by atoms with van der Waals surface area (Å²) in [5.74, 6) is 0.159. The van der Waals surface area contributed by atoms with Crippen LogP contribution >= 0.6 is 0 Å². The van der Waals surface area contributed by atoms with Gasteiger partial charge >= 0.3 is 0 Å². The van der Waals surface area contributed by atoms with Crippen LogP contribution in [0.15, 0.2) is 120 Å². The summed E-state index contributed by atoms with van der Waals surface area (Å²) in [6.45, 7) is 4.06. The molecule has 5 aromatic rings. The van der Waals surface area contributed by atoms with Crippen LogP contribution in [0.5, 0.6) is 5.75 Å². The number of fused-ring (bicyclic) bond motifs is 1. The van der Waals surface area contributed by atoms with Gasteiger partial charge in [-0.1, -0.05) is 109 Å². The van der Waals surface area contributed by atoms with Crippen LogP contribution in [0.3, 0.4) is 0 Å². The van der Waals surface area contributed by atoms with Crippen LogP contribution in [-0.4, -0.2) is 17.8 Å². The lowest BCUT2D eigenvalue weighted by atomic mass is 9.82. The molecule has 1 N–H and O–H groups in total. The van der Waals surface area contributed by atoms with Crippen molar-refractivity contribution in [2.24, 2.45) is 0 Å².